The van der Waals surface area contributed by atoms with E-state index < -0.39 is 10.8 Å². The third kappa shape index (κ3) is 5.01. The van der Waals surface area contributed by atoms with Crippen molar-refractivity contribution in [1.29, 1.82) is 5.41 Å². The lowest BCUT2D eigenvalue weighted by Crippen LogP contribution is -2.60. The molecule has 3 N–H and O–H groups in total. The summed E-state index contributed by atoms with van der Waals surface area (Å²) in [6.45, 7) is 1.94. The molecule has 182 valence electrons. The van der Waals surface area contributed by atoms with Gasteiger partial charge in [-0.15, -0.1) is 0 Å². The predicted molar refractivity (Wildman–Crippen MR) is 141 cm³/mol. The molecule has 5 rings (SSSR count). The summed E-state index contributed by atoms with van der Waals surface area (Å²) in [6.07, 6.45) is 6.91. The number of nitrogens with zero attached hydrogens (tertiary/aromatic N) is 3. The average Bonchev–Trinajstić information content (AvgIpc) is 2.83. The monoisotopic (exact) mass is 529 g/mol. The number of anilines is 2. The number of halogens is 2. The van der Waals surface area contributed by atoms with Crippen molar-refractivity contribution in [3.63, 3.8) is 0 Å². The standard InChI is InChI=1S/C25H25Cl2N5O2S/c26-20-10-30-11-21(27)19(20)12-34-17-3-4-22(28)18(8-17)24(29)16-2-5-23(31-9-16)32-13-25(14-32)6-1-7-35(33)15-25/h2-5,8-11,29H,1,6-7,12-15,28H2. The van der Waals surface area contributed by atoms with Gasteiger partial charge in [0.15, 0.2) is 0 Å². The van der Waals surface area contributed by atoms with Gasteiger partial charge >= 0.3 is 0 Å². The van der Waals surface area contributed by atoms with Crippen molar-refractivity contribution < 1.29 is 8.95 Å². The van der Waals surface area contributed by atoms with Gasteiger partial charge in [-0.1, -0.05) is 23.2 Å². The van der Waals surface area contributed by atoms with Crippen LogP contribution < -0.4 is 15.4 Å². The van der Waals surface area contributed by atoms with Crippen molar-refractivity contribution in [1.82, 2.24) is 9.97 Å². The van der Waals surface area contributed by atoms with E-state index in [1.165, 1.54) is 12.4 Å². The van der Waals surface area contributed by atoms with Gasteiger partial charge in [0.25, 0.3) is 0 Å². The second-order valence-corrected chi connectivity index (χ2v) is 11.5. The summed E-state index contributed by atoms with van der Waals surface area (Å²) in [7, 11) is -0.693. The van der Waals surface area contributed by atoms with Gasteiger partial charge in [0.1, 0.15) is 18.2 Å². The van der Waals surface area contributed by atoms with Gasteiger partial charge in [-0.25, -0.2) is 4.98 Å². The number of hydrogen-bond acceptors (Lipinski definition) is 7. The zero-order chi connectivity index (χ0) is 24.6. The van der Waals surface area contributed by atoms with E-state index in [9.17, 15) is 4.21 Å². The number of nitrogen functional groups attached to an aromatic ring is 1. The van der Waals surface area contributed by atoms with E-state index in [1.807, 2.05) is 12.1 Å². The predicted octanol–water partition coefficient (Wildman–Crippen LogP) is 4.71. The van der Waals surface area contributed by atoms with Crippen LogP contribution in [0.1, 0.15) is 29.5 Å². The van der Waals surface area contributed by atoms with Gasteiger partial charge in [-0.3, -0.25) is 14.6 Å². The van der Waals surface area contributed by atoms with Crippen molar-refractivity contribution >= 4 is 51.2 Å². The Morgan fingerprint density at radius 1 is 1.17 bits per heavy atom. The molecule has 1 spiro atoms. The van der Waals surface area contributed by atoms with Gasteiger partial charge in [0, 0.05) is 81.8 Å². The van der Waals surface area contributed by atoms with Crippen LogP contribution in [0, 0.1) is 10.8 Å². The molecule has 2 aromatic heterocycles. The van der Waals surface area contributed by atoms with Crippen LogP contribution in [0.2, 0.25) is 10.0 Å². The Kier molecular flexibility index (Phi) is 6.70. The maximum absolute atomic E-state index is 12.0. The van der Waals surface area contributed by atoms with Crippen LogP contribution in [-0.4, -0.2) is 44.5 Å². The summed E-state index contributed by atoms with van der Waals surface area (Å²) < 4.78 is 17.9. The first-order valence-electron chi connectivity index (χ1n) is 11.3. The summed E-state index contributed by atoms with van der Waals surface area (Å²) in [5.74, 6) is 3.05. The molecule has 0 amide bonds. The Morgan fingerprint density at radius 2 is 1.94 bits per heavy atom. The third-order valence-electron chi connectivity index (χ3n) is 6.59. The summed E-state index contributed by atoms with van der Waals surface area (Å²) in [5.41, 5.74) is 8.94. The van der Waals surface area contributed by atoms with Crippen molar-refractivity contribution in [2.45, 2.75) is 19.4 Å². The smallest absolute Gasteiger partial charge is 0.128 e. The fraction of sp³-hybridized carbons (Fsp3) is 0.320. The average molecular weight is 530 g/mol. The van der Waals surface area contributed by atoms with Crippen LogP contribution in [-0.2, 0) is 17.4 Å². The summed E-state index contributed by atoms with van der Waals surface area (Å²) in [6, 6.07) is 9.01. The van der Waals surface area contributed by atoms with Crippen LogP contribution in [0.4, 0.5) is 11.5 Å². The minimum Gasteiger partial charge on any atom is -0.489 e. The second kappa shape index (κ2) is 9.76. The van der Waals surface area contributed by atoms with Crippen LogP contribution in [0.5, 0.6) is 5.75 Å². The molecular weight excluding hydrogens is 505 g/mol. The third-order valence-corrected chi connectivity index (χ3v) is 8.92. The van der Waals surface area contributed by atoms with E-state index in [1.54, 1.807) is 24.4 Å². The van der Waals surface area contributed by atoms with E-state index >= 15 is 0 Å². The molecule has 10 heteroatoms. The van der Waals surface area contributed by atoms with Gasteiger partial charge in [0.2, 0.25) is 0 Å². The van der Waals surface area contributed by atoms with Gasteiger partial charge in [-0.2, -0.15) is 0 Å². The summed E-state index contributed by atoms with van der Waals surface area (Å²) >= 11 is 12.4. The highest BCUT2D eigenvalue weighted by molar-refractivity contribution is 7.85. The van der Waals surface area contributed by atoms with Crippen LogP contribution in [0.15, 0.2) is 48.9 Å². The first-order chi connectivity index (χ1) is 16.8. The van der Waals surface area contributed by atoms with E-state index in [-0.39, 0.29) is 17.7 Å². The van der Waals surface area contributed by atoms with Crippen molar-refractivity contribution in [2.75, 3.05) is 35.2 Å². The largest absolute Gasteiger partial charge is 0.489 e. The van der Waals surface area contributed by atoms with E-state index in [0.717, 1.165) is 43.3 Å². The minimum absolute atomic E-state index is 0.165. The molecular formula is C25H25Cl2N5O2S. The lowest BCUT2D eigenvalue weighted by molar-refractivity contribution is 0.219. The van der Waals surface area contributed by atoms with Crippen molar-refractivity contribution in [2.24, 2.45) is 5.41 Å². The summed E-state index contributed by atoms with van der Waals surface area (Å²) in [4.78, 5) is 10.8. The van der Waals surface area contributed by atoms with Crippen molar-refractivity contribution in [3.05, 3.63) is 75.7 Å². The number of rotatable bonds is 6. The Hall–Kier alpha value is -2.68. The lowest BCUT2D eigenvalue weighted by Gasteiger charge is -2.52. The Balaban J connectivity index is 1.26. The molecule has 1 unspecified atom stereocenters. The normalized spacial score (nSPS) is 18.8. The van der Waals surface area contributed by atoms with Crippen molar-refractivity contribution in [3.8, 4) is 5.75 Å². The highest BCUT2D eigenvalue weighted by Crippen LogP contribution is 2.40. The SMILES string of the molecule is N=C(c1ccc(N2CC3(CCCS(=O)C3)C2)nc1)c1cc(OCc2c(Cl)cncc2Cl)ccc1N. The molecule has 2 aliphatic rings. The van der Waals surface area contributed by atoms with E-state index in [0.29, 0.717) is 38.2 Å². The number of aromatic nitrogens is 2. The molecule has 0 radical (unpaired) electrons. The van der Waals surface area contributed by atoms with Gasteiger partial charge in [-0.05, 0) is 43.2 Å². The maximum Gasteiger partial charge on any atom is 0.128 e. The molecule has 0 bridgehead atoms. The molecule has 1 atom stereocenters. The zero-order valence-electron chi connectivity index (χ0n) is 19.0. The molecule has 1 aromatic carbocycles. The second-order valence-electron chi connectivity index (χ2n) is 9.15. The van der Waals surface area contributed by atoms with Crippen LogP contribution >= 0.6 is 23.2 Å². The lowest BCUT2D eigenvalue weighted by atomic mass is 9.77. The molecule has 2 aliphatic heterocycles. The molecule has 35 heavy (non-hydrogen) atoms. The Labute approximate surface area is 216 Å². The van der Waals surface area contributed by atoms with Gasteiger partial charge < -0.3 is 15.4 Å². The Morgan fingerprint density at radius 3 is 2.63 bits per heavy atom. The minimum atomic E-state index is -0.693. The summed E-state index contributed by atoms with van der Waals surface area (Å²) in [5, 5.41) is 9.57. The number of hydrogen-bond donors (Lipinski definition) is 2. The quantitative estimate of drug-likeness (QED) is 0.353. The highest BCUT2D eigenvalue weighted by atomic mass is 35.5. The van der Waals surface area contributed by atoms with E-state index in [2.05, 4.69) is 14.9 Å². The maximum atomic E-state index is 12.0. The van der Waals surface area contributed by atoms with E-state index in [4.69, 9.17) is 39.1 Å². The first kappa shape index (κ1) is 24.0. The number of benzene rings is 1. The molecule has 0 aliphatic carbocycles. The van der Waals surface area contributed by atoms with Crippen LogP contribution in [0.3, 0.4) is 0 Å². The number of pyridine rings is 2. The molecule has 3 aromatic rings. The van der Waals surface area contributed by atoms with Crippen LogP contribution in [0.25, 0.3) is 0 Å². The molecule has 0 saturated carbocycles. The molecule has 2 fully saturated rings. The first-order valence-corrected chi connectivity index (χ1v) is 13.5. The molecule has 4 heterocycles. The highest BCUT2D eigenvalue weighted by Gasteiger charge is 2.46. The fourth-order valence-corrected chi connectivity index (χ4v) is 6.81. The zero-order valence-corrected chi connectivity index (χ0v) is 21.3. The van der Waals surface area contributed by atoms with Gasteiger partial charge in [0.05, 0.1) is 15.8 Å². The topological polar surface area (TPSA) is 105 Å². The fourth-order valence-electron chi connectivity index (χ4n) is 4.72. The molecule has 2 saturated heterocycles. The number of ether oxygens (including phenoxy) is 1. The number of nitrogens with two attached hydrogens (primary N) is 1. The number of nitrogens with one attached hydrogen (secondary N) is 1. The Bertz CT molecular complexity index is 1280. The molecule has 7 nitrogen and oxygen atoms in total.